The molecule has 1 amide bonds. The van der Waals surface area contributed by atoms with Gasteiger partial charge in [-0.05, 0) is 25.1 Å². The van der Waals surface area contributed by atoms with Crippen molar-refractivity contribution < 1.29 is 41.0 Å². The fourth-order valence-electron chi connectivity index (χ4n) is 1.77. The van der Waals surface area contributed by atoms with E-state index in [1.165, 1.54) is 6.92 Å². The van der Waals surface area contributed by atoms with Crippen LogP contribution in [0.4, 0.5) is 26.3 Å². The number of nitrogens with one attached hydrogen (secondary N) is 1. The number of aliphatic carboxylic acids is 1. The lowest BCUT2D eigenvalue weighted by Crippen LogP contribution is -2.35. The number of carbonyl (C=O) groups is 2. The molecule has 1 rings (SSSR count). The molecular formula is C13H11F6NO3. The molecule has 10 heteroatoms. The molecule has 4 nitrogen and oxygen atoms in total. The summed E-state index contributed by atoms with van der Waals surface area (Å²) in [6, 6.07) is -0.388. The molecule has 0 heterocycles. The SMILES string of the molecule is CC(CC(=O)O)NC(=O)c1ccc(C(F)(F)F)cc1C(F)(F)F. The number of hydrogen-bond acceptors (Lipinski definition) is 2. The highest BCUT2D eigenvalue weighted by Crippen LogP contribution is 2.37. The third-order valence-corrected chi connectivity index (χ3v) is 2.76. The first-order valence-corrected chi connectivity index (χ1v) is 6.13. The van der Waals surface area contributed by atoms with Crippen LogP contribution in [0.1, 0.15) is 34.8 Å². The summed E-state index contributed by atoms with van der Waals surface area (Å²) >= 11 is 0. The molecule has 0 saturated carbocycles. The van der Waals surface area contributed by atoms with E-state index in [-0.39, 0.29) is 6.07 Å². The average Bonchev–Trinajstić information content (AvgIpc) is 2.34. The maximum atomic E-state index is 12.9. The Bertz CT molecular complexity index is 609. The van der Waals surface area contributed by atoms with Crippen molar-refractivity contribution in [1.82, 2.24) is 5.32 Å². The topological polar surface area (TPSA) is 66.4 Å². The van der Waals surface area contributed by atoms with Crippen LogP contribution in [0.2, 0.25) is 0 Å². The van der Waals surface area contributed by atoms with Crippen LogP contribution in [0.5, 0.6) is 0 Å². The van der Waals surface area contributed by atoms with Gasteiger partial charge < -0.3 is 10.4 Å². The zero-order valence-electron chi connectivity index (χ0n) is 11.5. The smallest absolute Gasteiger partial charge is 0.417 e. The van der Waals surface area contributed by atoms with Crippen LogP contribution in [0.25, 0.3) is 0 Å². The number of amides is 1. The zero-order chi connectivity index (χ0) is 18.0. The van der Waals surface area contributed by atoms with Gasteiger partial charge in [0, 0.05) is 6.04 Å². The second kappa shape index (κ2) is 6.47. The van der Waals surface area contributed by atoms with Gasteiger partial charge in [-0.3, -0.25) is 9.59 Å². The molecule has 0 aliphatic carbocycles. The first-order chi connectivity index (χ1) is 10.3. The van der Waals surface area contributed by atoms with Gasteiger partial charge in [0.15, 0.2) is 0 Å². The Labute approximate surface area is 126 Å². The third-order valence-electron chi connectivity index (χ3n) is 2.76. The molecule has 1 atom stereocenters. The molecule has 1 aromatic carbocycles. The quantitative estimate of drug-likeness (QED) is 0.825. The van der Waals surface area contributed by atoms with Gasteiger partial charge in [0.1, 0.15) is 0 Å². The normalized spacial score (nSPS) is 13.5. The minimum atomic E-state index is -5.18. The first-order valence-electron chi connectivity index (χ1n) is 6.13. The van der Waals surface area contributed by atoms with Crippen LogP contribution in [0.15, 0.2) is 18.2 Å². The number of hydrogen-bond donors (Lipinski definition) is 2. The summed E-state index contributed by atoms with van der Waals surface area (Å²) in [6.07, 6.45) is -10.7. The number of halogens is 6. The molecule has 128 valence electrons. The summed E-state index contributed by atoms with van der Waals surface area (Å²) in [4.78, 5) is 22.2. The molecule has 0 aromatic heterocycles. The van der Waals surface area contributed by atoms with E-state index in [0.29, 0.717) is 12.1 Å². The third kappa shape index (κ3) is 5.15. The van der Waals surface area contributed by atoms with Crippen molar-refractivity contribution in [2.24, 2.45) is 0 Å². The minimum absolute atomic E-state index is 0.156. The lowest BCUT2D eigenvalue weighted by atomic mass is 10.0. The Kier molecular flexibility index (Phi) is 5.28. The van der Waals surface area contributed by atoms with Gasteiger partial charge in [-0.15, -0.1) is 0 Å². The lowest BCUT2D eigenvalue weighted by Gasteiger charge is -2.17. The van der Waals surface area contributed by atoms with Crippen LogP contribution in [0.3, 0.4) is 0 Å². The molecule has 1 unspecified atom stereocenters. The Morgan fingerprint density at radius 3 is 2.13 bits per heavy atom. The Morgan fingerprint density at radius 1 is 1.13 bits per heavy atom. The molecule has 0 aliphatic rings. The van der Waals surface area contributed by atoms with E-state index < -0.39 is 53.4 Å². The van der Waals surface area contributed by atoms with Crippen molar-refractivity contribution in [1.29, 1.82) is 0 Å². The fraction of sp³-hybridized carbons (Fsp3) is 0.385. The first kappa shape index (κ1) is 18.8. The van der Waals surface area contributed by atoms with E-state index in [1.54, 1.807) is 0 Å². The number of carbonyl (C=O) groups excluding carboxylic acids is 1. The molecule has 0 spiro atoms. The van der Waals surface area contributed by atoms with Crippen molar-refractivity contribution in [3.05, 3.63) is 34.9 Å². The molecule has 0 radical (unpaired) electrons. The molecule has 2 N–H and O–H groups in total. The molecule has 0 aliphatic heterocycles. The maximum Gasteiger partial charge on any atom is 0.417 e. The van der Waals surface area contributed by atoms with E-state index in [1.807, 2.05) is 5.32 Å². The second-order valence-electron chi connectivity index (χ2n) is 4.73. The highest BCUT2D eigenvalue weighted by atomic mass is 19.4. The number of benzene rings is 1. The summed E-state index contributed by atoms with van der Waals surface area (Å²) in [5, 5.41) is 10.5. The van der Waals surface area contributed by atoms with Crippen LogP contribution in [-0.4, -0.2) is 23.0 Å². The van der Waals surface area contributed by atoms with Gasteiger partial charge >= 0.3 is 18.3 Å². The van der Waals surface area contributed by atoms with Crippen molar-refractivity contribution >= 4 is 11.9 Å². The second-order valence-corrected chi connectivity index (χ2v) is 4.73. The van der Waals surface area contributed by atoms with Gasteiger partial charge in [-0.25, -0.2) is 0 Å². The molecule has 23 heavy (non-hydrogen) atoms. The molecule has 0 saturated heterocycles. The zero-order valence-corrected chi connectivity index (χ0v) is 11.5. The molecule has 0 bridgehead atoms. The van der Waals surface area contributed by atoms with Gasteiger partial charge in [0.05, 0.1) is 23.1 Å². The fourth-order valence-corrected chi connectivity index (χ4v) is 1.77. The number of carboxylic acids is 1. The Balaban J connectivity index is 3.20. The van der Waals surface area contributed by atoms with Gasteiger partial charge in [-0.2, -0.15) is 26.3 Å². The van der Waals surface area contributed by atoms with E-state index in [2.05, 4.69) is 0 Å². The van der Waals surface area contributed by atoms with Gasteiger partial charge in [0.2, 0.25) is 0 Å². The van der Waals surface area contributed by atoms with Gasteiger partial charge in [0.25, 0.3) is 5.91 Å². The van der Waals surface area contributed by atoms with Crippen LogP contribution >= 0.6 is 0 Å². The monoisotopic (exact) mass is 343 g/mol. The predicted molar refractivity (Wildman–Crippen MR) is 65.6 cm³/mol. The van der Waals surface area contributed by atoms with Crippen molar-refractivity contribution in [2.45, 2.75) is 31.7 Å². The van der Waals surface area contributed by atoms with E-state index in [9.17, 15) is 35.9 Å². The van der Waals surface area contributed by atoms with Crippen LogP contribution in [-0.2, 0) is 17.1 Å². The Hall–Kier alpha value is -2.26. The van der Waals surface area contributed by atoms with Crippen molar-refractivity contribution in [3.8, 4) is 0 Å². The van der Waals surface area contributed by atoms with Crippen LogP contribution in [0, 0.1) is 0 Å². The minimum Gasteiger partial charge on any atom is -0.481 e. The standard InChI is InChI=1S/C13H11F6NO3/c1-6(4-10(21)22)20-11(23)8-3-2-7(12(14,15)16)5-9(8)13(17,18)19/h2-3,5-6H,4H2,1H3,(H,20,23)(H,21,22). The maximum absolute atomic E-state index is 12.9. The molecule has 1 aromatic rings. The summed E-state index contributed by atoms with van der Waals surface area (Å²) in [5.74, 6) is -2.60. The van der Waals surface area contributed by atoms with E-state index >= 15 is 0 Å². The van der Waals surface area contributed by atoms with E-state index in [0.717, 1.165) is 0 Å². The van der Waals surface area contributed by atoms with E-state index in [4.69, 9.17) is 5.11 Å². The highest BCUT2D eigenvalue weighted by Gasteiger charge is 2.39. The molecular weight excluding hydrogens is 332 g/mol. The summed E-state index contributed by atoms with van der Waals surface area (Å²) in [7, 11) is 0. The van der Waals surface area contributed by atoms with Crippen LogP contribution < -0.4 is 5.32 Å². The summed E-state index contributed by atoms with van der Waals surface area (Å²) in [5.41, 5.74) is -4.30. The summed E-state index contributed by atoms with van der Waals surface area (Å²) in [6.45, 7) is 1.24. The number of alkyl halides is 6. The summed E-state index contributed by atoms with van der Waals surface area (Å²) < 4.78 is 76.2. The van der Waals surface area contributed by atoms with Gasteiger partial charge in [-0.1, -0.05) is 0 Å². The number of carboxylic acid groups (broad SMARTS) is 1. The average molecular weight is 343 g/mol. The lowest BCUT2D eigenvalue weighted by molar-refractivity contribution is -0.143. The molecule has 0 fully saturated rings. The van der Waals surface area contributed by atoms with Crippen molar-refractivity contribution in [2.75, 3.05) is 0 Å². The Morgan fingerprint density at radius 2 is 1.70 bits per heavy atom. The largest absolute Gasteiger partial charge is 0.481 e. The number of rotatable bonds is 4. The highest BCUT2D eigenvalue weighted by molar-refractivity contribution is 5.96. The predicted octanol–water partition coefficient (Wildman–Crippen LogP) is 3.32. The van der Waals surface area contributed by atoms with Crippen molar-refractivity contribution in [3.63, 3.8) is 0 Å².